The van der Waals surface area contributed by atoms with Gasteiger partial charge >= 0.3 is 13.2 Å². The highest BCUT2D eigenvalue weighted by molar-refractivity contribution is 6.62. The topological polar surface area (TPSA) is 72.9 Å². The zero-order chi connectivity index (χ0) is 20.7. The summed E-state index contributed by atoms with van der Waals surface area (Å²) >= 11 is 0. The number of alkyl carbamates (subject to hydrolysis) is 1. The van der Waals surface area contributed by atoms with E-state index >= 15 is 0 Å². The van der Waals surface area contributed by atoms with Gasteiger partial charge in [0.25, 0.3) is 0 Å². The number of nitrogens with one attached hydrogen (secondary N) is 1. The number of amides is 1. The van der Waals surface area contributed by atoms with Crippen LogP contribution in [-0.2, 0) is 14.0 Å². The fraction of sp³-hybridized carbons (Fsp3) is 0.700. The van der Waals surface area contributed by atoms with Crippen LogP contribution in [0.2, 0.25) is 0 Å². The van der Waals surface area contributed by atoms with Crippen molar-refractivity contribution in [2.45, 2.75) is 77.7 Å². The molecule has 7 nitrogen and oxygen atoms in total. The summed E-state index contributed by atoms with van der Waals surface area (Å²) in [5, 5.41) is 2.95. The van der Waals surface area contributed by atoms with Gasteiger partial charge in [-0.1, -0.05) is 0 Å². The van der Waals surface area contributed by atoms with E-state index < -0.39 is 12.7 Å². The Kier molecular flexibility index (Phi) is 5.40. The van der Waals surface area contributed by atoms with Crippen molar-refractivity contribution < 1.29 is 18.8 Å². The number of carbonyl (C=O) groups excluding carboxylic acids is 1. The third-order valence-electron chi connectivity index (χ3n) is 5.54. The van der Waals surface area contributed by atoms with E-state index in [0.29, 0.717) is 6.54 Å². The molecule has 1 unspecified atom stereocenters. The fourth-order valence-corrected chi connectivity index (χ4v) is 3.31. The molecule has 2 fully saturated rings. The van der Waals surface area contributed by atoms with Gasteiger partial charge in [-0.2, -0.15) is 0 Å². The van der Waals surface area contributed by atoms with E-state index in [1.807, 2.05) is 54.7 Å². The standard InChI is InChI=1S/C20H32BN3O4/c1-18(2,3)26-17(25)23-15-8-9-24(13-15)16-10-14(11-22-12-16)21-27-19(4,5)20(6,7)28-21/h10-12,15H,8-9,13H2,1-7H3,(H,23,25). The van der Waals surface area contributed by atoms with Gasteiger partial charge in [-0.05, 0) is 61.0 Å². The minimum atomic E-state index is -0.497. The van der Waals surface area contributed by atoms with Crippen LogP contribution >= 0.6 is 0 Å². The number of ether oxygens (including phenoxy) is 1. The predicted octanol–water partition coefficient (Wildman–Crippen LogP) is 2.48. The summed E-state index contributed by atoms with van der Waals surface area (Å²) in [4.78, 5) is 18.6. The molecule has 1 N–H and O–H groups in total. The molecule has 0 radical (unpaired) electrons. The maximum absolute atomic E-state index is 12.0. The number of hydrogen-bond donors (Lipinski definition) is 1. The summed E-state index contributed by atoms with van der Waals surface area (Å²) in [6.07, 6.45) is 4.12. The van der Waals surface area contributed by atoms with Crippen LogP contribution in [0, 0.1) is 0 Å². The third-order valence-corrected chi connectivity index (χ3v) is 5.54. The van der Waals surface area contributed by atoms with Crippen LogP contribution in [0.25, 0.3) is 0 Å². The second kappa shape index (κ2) is 7.23. The highest BCUT2D eigenvalue weighted by Gasteiger charge is 2.51. The van der Waals surface area contributed by atoms with Gasteiger partial charge < -0.3 is 24.3 Å². The highest BCUT2D eigenvalue weighted by Crippen LogP contribution is 2.36. The average Bonchev–Trinajstić information content (AvgIpc) is 3.08. The molecule has 1 atom stereocenters. The van der Waals surface area contributed by atoms with Gasteiger partial charge in [0.1, 0.15) is 5.60 Å². The normalized spacial score (nSPS) is 23.8. The largest absolute Gasteiger partial charge is 0.496 e. The van der Waals surface area contributed by atoms with Crippen LogP contribution in [0.3, 0.4) is 0 Å². The highest BCUT2D eigenvalue weighted by atomic mass is 16.7. The Morgan fingerprint density at radius 3 is 2.50 bits per heavy atom. The SMILES string of the molecule is CC(C)(C)OC(=O)NC1CCN(c2cncc(B3OC(C)(C)C(C)(C)O3)c2)C1. The zero-order valence-corrected chi connectivity index (χ0v) is 18.0. The quantitative estimate of drug-likeness (QED) is 0.801. The Bertz CT molecular complexity index is 716. The van der Waals surface area contributed by atoms with E-state index in [9.17, 15) is 4.79 Å². The minimum Gasteiger partial charge on any atom is -0.444 e. The van der Waals surface area contributed by atoms with Crippen molar-refractivity contribution in [3.05, 3.63) is 18.5 Å². The first-order valence-electron chi connectivity index (χ1n) is 9.91. The summed E-state index contributed by atoms with van der Waals surface area (Å²) in [5.41, 5.74) is 0.636. The summed E-state index contributed by atoms with van der Waals surface area (Å²) in [6, 6.07) is 2.11. The van der Waals surface area contributed by atoms with Gasteiger partial charge in [-0.15, -0.1) is 0 Å². The number of carbonyl (C=O) groups is 1. The van der Waals surface area contributed by atoms with E-state index in [1.165, 1.54) is 0 Å². The molecule has 2 saturated heterocycles. The van der Waals surface area contributed by atoms with E-state index in [0.717, 1.165) is 24.1 Å². The molecule has 1 aromatic rings. The summed E-state index contributed by atoms with van der Waals surface area (Å²) in [7, 11) is -0.435. The maximum atomic E-state index is 12.0. The first kappa shape index (κ1) is 20.9. The van der Waals surface area contributed by atoms with Crippen LogP contribution in [0.5, 0.6) is 0 Å². The predicted molar refractivity (Wildman–Crippen MR) is 110 cm³/mol. The first-order valence-corrected chi connectivity index (χ1v) is 9.91. The molecule has 8 heteroatoms. The Hall–Kier alpha value is -1.80. The monoisotopic (exact) mass is 389 g/mol. The number of pyridine rings is 1. The van der Waals surface area contributed by atoms with E-state index in [2.05, 4.69) is 21.3 Å². The van der Waals surface area contributed by atoms with Gasteiger partial charge in [-0.3, -0.25) is 4.98 Å². The van der Waals surface area contributed by atoms with Gasteiger partial charge in [0.15, 0.2) is 0 Å². The number of rotatable bonds is 3. The maximum Gasteiger partial charge on any atom is 0.496 e. The van der Waals surface area contributed by atoms with Crippen LogP contribution in [0.4, 0.5) is 10.5 Å². The van der Waals surface area contributed by atoms with Crippen LogP contribution in [-0.4, -0.2) is 54.1 Å². The summed E-state index contributed by atoms with van der Waals surface area (Å²) < 4.78 is 17.6. The van der Waals surface area contributed by atoms with E-state index in [1.54, 1.807) is 6.20 Å². The third kappa shape index (κ3) is 4.60. The molecule has 3 rings (SSSR count). The molecule has 2 aliphatic rings. The van der Waals surface area contributed by atoms with E-state index in [4.69, 9.17) is 14.0 Å². The molecule has 28 heavy (non-hydrogen) atoms. The number of anilines is 1. The zero-order valence-electron chi connectivity index (χ0n) is 18.0. The van der Waals surface area contributed by atoms with Crippen molar-refractivity contribution in [2.24, 2.45) is 0 Å². The lowest BCUT2D eigenvalue weighted by Gasteiger charge is -2.32. The molecule has 154 valence electrons. The lowest BCUT2D eigenvalue weighted by Crippen LogP contribution is -2.41. The van der Waals surface area contributed by atoms with Crippen LogP contribution in [0.1, 0.15) is 54.9 Å². The molecule has 0 spiro atoms. The van der Waals surface area contributed by atoms with Gasteiger partial charge in [0.2, 0.25) is 0 Å². The lowest BCUT2D eigenvalue weighted by molar-refractivity contribution is 0.00578. The van der Waals surface area contributed by atoms with Crippen molar-refractivity contribution in [1.29, 1.82) is 0 Å². The van der Waals surface area contributed by atoms with Crippen LogP contribution < -0.4 is 15.7 Å². The van der Waals surface area contributed by atoms with Gasteiger partial charge in [-0.25, -0.2) is 4.79 Å². The Balaban J connectivity index is 1.63. The second-order valence-corrected chi connectivity index (χ2v) is 9.64. The van der Waals surface area contributed by atoms with Crippen LogP contribution in [0.15, 0.2) is 18.5 Å². The molecule has 3 heterocycles. The van der Waals surface area contributed by atoms with E-state index in [-0.39, 0.29) is 23.3 Å². The Labute approximate surface area is 168 Å². The summed E-state index contributed by atoms with van der Waals surface area (Å²) in [5.74, 6) is 0. The Morgan fingerprint density at radius 2 is 1.89 bits per heavy atom. The number of nitrogens with zero attached hydrogens (tertiary/aromatic N) is 2. The number of hydrogen-bond acceptors (Lipinski definition) is 6. The fourth-order valence-electron chi connectivity index (χ4n) is 3.31. The van der Waals surface area contributed by atoms with Crippen molar-refractivity contribution in [2.75, 3.05) is 18.0 Å². The summed E-state index contributed by atoms with van der Waals surface area (Å²) in [6.45, 7) is 15.3. The second-order valence-electron chi connectivity index (χ2n) is 9.64. The molecule has 1 aromatic heterocycles. The molecule has 0 aliphatic carbocycles. The number of aromatic nitrogens is 1. The lowest BCUT2D eigenvalue weighted by atomic mass is 9.80. The smallest absolute Gasteiger partial charge is 0.444 e. The molecule has 0 bridgehead atoms. The van der Waals surface area contributed by atoms with Gasteiger partial charge in [0, 0.05) is 24.7 Å². The van der Waals surface area contributed by atoms with Crippen molar-refractivity contribution >= 4 is 24.4 Å². The van der Waals surface area contributed by atoms with Crippen molar-refractivity contribution in [3.63, 3.8) is 0 Å². The molecule has 0 saturated carbocycles. The molecular formula is C20H32BN3O4. The molecular weight excluding hydrogens is 357 g/mol. The Morgan fingerprint density at radius 1 is 1.25 bits per heavy atom. The average molecular weight is 389 g/mol. The van der Waals surface area contributed by atoms with Crippen molar-refractivity contribution in [1.82, 2.24) is 10.3 Å². The molecule has 1 amide bonds. The van der Waals surface area contributed by atoms with Crippen molar-refractivity contribution in [3.8, 4) is 0 Å². The first-order chi connectivity index (χ1) is 12.9. The minimum absolute atomic E-state index is 0.0513. The molecule has 0 aromatic carbocycles. The van der Waals surface area contributed by atoms with Gasteiger partial charge in [0.05, 0.1) is 29.1 Å². The molecule has 2 aliphatic heterocycles.